The number of rotatable bonds is 2. The Hall–Kier alpha value is -0.910. The van der Waals surface area contributed by atoms with Crippen molar-refractivity contribution in [2.24, 2.45) is 0 Å². The van der Waals surface area contributed by atoms with Crippen molar-refractivity contribution in [1.29, 1.82) is 0 Å². The highest BCUT2D eigenvalue weighted by atomic mass is 127. The Morgan fingerprint density at radius 3 is 2.78 bits per heavy atom. The van der Waals surface area contributed by atoms with E-state index in [4.69, 9.17) is 0 Å². The monoisotopic (exact) mass is 353 g/mol. The molecule has 2 aromatic rings. The van der Waals surface area contributed by atoms with Gasteiger partial charge in [0.25, 0.3) is 0 Å². The van der Waals surface area contributed by atoms with Crippen molar-refractivity contribution < 1.29 is 0 Å². The maximum absolute atomic E-state index is 4.36. The highest BCUT2D eigenvalue weighted by molar-refractivity contribution is 14.1. The van der Waals surface area contributed by atoms with Crippen LogP contribution >= 0.6 is 22.6 Å². The van der Waals surface area contributed by atoms with Gasteiger partial charge in [0.05, 0.1) is 9.46 Å². The van der Waals surface area contributed by atoms with Crippen LogP contribution in [0.25, 0.3) is 0 Å². The number of alkyl halides is 1. The molecule has 1 heterocycles. The lowest BCUT2D eigenvalue weighted by Crippen LogP contribution is -2.34. The van der Waals surface area contributed by atoms with Gasteiger partial charge in [-0.3, -0.25) is 0 Å². The molecule has 1 aromatic carbocycles. The third-order valence-electron chi connectivity index (χ3n) is 3.81. The van der Waals surface area contributed by atoms with Crippen LogP contribution in [0.1, 0.15) is 37.3 Å². The van der Waals surface area contributed by atoms with Gasteiger partial charge >= 0.3 is 0 Å². The molecule has 1 aliphatic carbocycles. The summed E-state index contributed by atoms with van der Waals surface area (Å²) >= 11 is 2.63. The molecule has 0 radical (unpaired) electrons. The Morgan fingerprint density at radius 1 is 1.22 bits per heavy atom. The number of halogens is 1. The molecule has 2 atom stereocenters. The zero-order valence-corrected chi connectivity index (χ0v) is 12.3. The van der Waals surface area contributed by atoms with Crippen molar-refractivity contribution in [2.75, 3.05) is 0 Å². The molecular weight excluding hydrogens is 337 g/mol. The fourth-order valence-corrected chi connectivity index (χ4v) is 4.23. The topological polar surface area (TPSA) is 30.7 Å². The molecule has 0 saturated heterocycles. The van der Waals surface area contributed by atoms with Gasteiger partial charge in [-0.2, -0.15) is 5.10 Å². The average Bonchev–Trinajstić information content (AvgIpc) is 2.94. The van der Waals surface area contributed by atoms with Crippen LogP contribution in [0.2, 0.25) is 0 Å². The van der Waals surface area contributed by atoms with Gasteiger partial charge in [-0.1, -0.05) is 65.8 Å². The molecule has 1 aromatic heterocycles. The van der Waals surface area contributed by atoms with E-state index in [1.54, 1.807) is 6.33 Å². The smallest absolute Gasteiger partial charge is 0.137 e. The maximum Gasteiger partial charge on any atom is 0.137 e. The van der Waals surface area contributed by atoms with Crippen LogP contribution in [-0.4, -0.2) is 14.8 Å². The van der Waals surface area contributed by atoms with E-state index >= 15 is 0 Å². The summed E-state index contributed by atoms with van der Waals surface area (Å²) in [5, 5.41) is 4.36. The first-order valence-corrected chi connectivity index (χ1v) is 7.47. The van der Waals surface area contributed by atoms with Gasteiger partial charge in [0.2, 0.25) is 0 Å². The summed E-state index contributed by atoms with van der Waals surface area (Å²) < 4.78 is 2.18. The molecule has 0 aliphatic heterocycles. The minimum Gasteiger partial charge on any atom is -0.248 e. The highest BCUT2D eigenvalue weighted by Crippen LogP contribution is 2.51. The summed E-state index contributed by atoms with van der Waals surface area (Å²) in [4.78, 5) is 4.11. The fourth-order valence-electron chi connectivity index (χ4n) is 2.89. The first-order chi connectivity index (χ1) is 8.81. The van der Waals surface area contributed by atoms with E-state index < -0.39 is 0 Å². The molecule has 2 unspecified atom stereocenters. The van der Waals surface area contributed by atoms with Crippen molar-refractivity contribution >= 4 is 22.6 Å². The third kappa shape index (κ3) is 2.06. The Balaban J connectivity index is 2.01. The number of benzene rings is 1. The molecule has 0 N–H and O–H groups in total. The van der Waals surface area contributed by atoms with E-state index in [-0.39, 0.29) is 3.42 Å². The van der Waals surface area contributed by atoms with Crippen molar-refractivity contribution in [3.63, 3.8) is 0 Å². The summed E-state index contributed by atoms with van der Waals surface area (Å²) in [6.07, 6.45) is 8.46. The zero-order chi connectivity index (χ0) is 12.4. The van der Waals surface area contributed by atoms with Gasteiger partial charge in [0, 0.05) is 0 Å². The van der Waals surface area contributed by atoms with Crippen LogP contribution in [0.15, 0.2) is 43.0 Å². The summed E-state index contributed by atoms with van der Waals surface area (Å²) in [6, 6.07) is 11.2. The largest absolute Gasteiger partial charge is 0.248 e. The SMILES string of the molecule is IC1(c2ccccc2)CCCCC1n1cncn1. The molecule has 4 heteroatoms. The minimum absolute atomic E-state index is 0.144. The Morgan fingerprint density at radius 2 is 2.06 bits per heavy atom. The maximum atomic E-state index is 4.36. The van der Waals surface area contributed by atoms with E-state index in [2.05, 4.69) is 63.0 Å². The molecule has 1 fully saturated rings. The molecule has 0 bridgehead atoms. The summed E-state index contributed by atoms with van der Waals surface area (Å²) in [7, 11) is 0. The predicted molar refractivity (Wildman–Crippen MR) is 79.7 cm³/mol. The van der Waals surface area contributed by atoms with E-state index in [0.717, 1.165) is 0 Å². The van der Waals surface area contributed by atoms with Gasteiger partial charge in [-0.25, -0.2) is 9.67 Å². The molecular formula is C14H16IN3. The Kier molecular flexibility index (Phi) is 3.37. The zero-order valence-electron chi connectivity index (χ0n) is 10.2. The van der Waals surface area contributed by atoms with Crippen LogP contribution in [0, 0.1) is 0 Å². The lowest BCUT2D eigenvalue weighted by molar-refractivity contribution is 0.270. The van der Waals surface area contributed by atoms with Gasteiger partial charge in [0.1, 0.15) is 12.7 Å². The Labute approximate surface area is 121 Å². The first kappa shape index (κ1) is 12.1. The van der Waals surface area contributed by atoms with Gasteiger partial charge in [-0.05, 0) is 18.4 Å². The van der Waals surface area contributed by atoms with E-state index in [1.165, 1.54) is 31.2 Å². The molecule has 0 amide bonds. The van der Waals surface area contributed by atoms with Crippen molar-refractivity contribution in [2.45, 2.75) is 35.1 Å². The second-order valence-corrected chi connectivity index (χ2v) is 6.79. The molecule has 94 valence electrons. The van der Waals surface area contributed by atoms with Crippen LogP contribution in [0.5, 0.6) is 0 Å². The summed E-state index contributed by atoms with van der Waals surface area (Å²) in [6.45, 7) is 0. The minimum atomic E-state index is 0.144. The molecule has 18 heavy (non-hydrogen) atoms. The normalized spacial score (nSPS) is 28.2. The molecule has 1 aliphatic rings. The fraction of sp³-hybridized carbons (Fsp3) is 0.429. The molecule has 1 saturated carbocycles. The van der Waals surface area contributed by atoms with Crippen LogP contribution in [-0.2, 0) is 3.42 Å². The van der Waals surface area contributed by atoms with E-state index in [9.17, 15) is 0 Å². The molecule has 3 rings (SSSR count). The van der Waals surface area contributed by atoms with Crippen molar-refractivity contribution in [1.82, 2.24) is 14.8 Å². The van der Waals surface area contributed by atoms with Crippen LogP contribution in [0.4, 0.5) is 0 Å². The lowest BCUT2D eigenvalue weighted by atomic mass is 9.80. The second-order valence-electron chi connectivity index (χ2n) is 4.87. The van der Waals surface area contributed by atoms with E-state index in [0.29, 0.717) is 6.04 Å². The lowest BCUT2D eigenvalue weighted by Gasteiger charge is -2.40. The Bertz CT molecular complexity index is 497. The standard InChI is InChI=1S/C14H16IN3/c15-14(12-6-2-1-3-7-12)9-5-4-8-13(14)18-11-16-10-17-18/h1-3,6-7,10-11,13H,4-5,8-9H2. The van der Waals surface area contributed by atoms with Gasteiger partial charge < -0.3 is 0 Å². The number of hydrogen-bond donors (Lipinski definition) is 0. The first-order valence-electron chi connectivity index (χ1n) is 6.39. The van der Waals surface area contributed by atoms with Crippen LogP contribution < -0.4 is 0 Å². The third-order valence-corrected chi connectivity index (χ3v) is 5.69. The molecule has 3 nitrogen and oxygen atoms in total. The average molecular weight is 353 g/mol. The number of aromatic nitrogens is 3. The summed E-state index contributed by atoms with van der Waals surface area (Å²) in [5.74, 6) is 0. The predicted octanol–water partition coefficient (Wildman–Crippen LogP) is 3.72. The number of hydrogen-bond acceptors (Lipinski definition) is 2. The highest BCUT2D eigenvalue weighted by Gasteiger charge is 2.41. The van der Waals surface area contributed by atoms with Crippen LogP contribution in [0.3, 0.4) is 0 Å². The second kappa shape index (κ2) is 4.99. The van der Waals surface area contributed by atoms with E-state index in [1.807, 2.05) is 11.0 Å². The van der Waals surface area contributed by atoms with Gasteiger partial charge in [-0.15, -0.1) is 0 Å². The quantitative estimate of drug-likeness (QED) is 0.609. The van der Waals surface area contributed by atoms with Crippen molar-refractivity contribution in [3.8, 4) is 0 Å². The number of nitrogens with zero attached hydrogens (tertiary/aromatic N) is 3. The van der Waals surface area contributed by atoms with Gasteiger partial charge in [0.15, 0.2) is 0 Å². The summed E-state index contributed by atoms with van der Waals surface area (Å²) in [5.41, 5.74) is 1.41. The molecule has 0 spiro atoms. The van der Waals surface area contributed by atoms with Crippen molar-refractivity contribution in [3.05, 3.63) is 48.5 Å².